The number of hydrogen-bond donors (Lipinski definition) is 2. The van der Waals surface area contributed by atoms with Crippen LogP contribution in [0.15, 0.2) is 4.99 Å². The van der Waals surface area contributed by atoms with Gasteiger partial charge in [-0.1, -0.05) is 0 Å². The molecule has 1 rings (SSSR count). The molecule has 1 fully saturated rings. The highest BCUT2D eigenvalue weighted by Gasteiger charge is 2.15. The molecule has 1 unspecified atom stereocenters. The number of nitrogens with one attached hydrogen (secondary N) is 2. The first-order chi connectivity index (χ1) is 11.5. The molecule has 1 heterocycles. The number of rotatable bonds is 11. The van der Waals surface area contributed by atoms with Crippen molar-refractivity contribution in [2.75, 3.05) is 53.1 Å². The molecule has 0 aromatic rings. The van der Waals surface area contributed by atoms with E-state index in [1.165, 1.54) is 0 Å². The van der Waals surface area contributed by atoms with Gasteiger partial charge in [0.15, 0.2) is 5.96 Å². The molecule has 2 N–H and O–H groups in total. The van der Waals surface area contributed by atoms with E-state index in [-0.39, 0.29) is 0 Å². The van der Waals surface area contributed by atoms with E-state index in [1.807, 2.05) is 7.05 Å². The SMILES string of the molecule is CN=C(NCCCOCC1CCOC1)NCCN(C(C)C)C(C)C. The highest BCUT2D eigenvalue weighted by Crippen LogP contribution is 2.12. The van der Waals surface area contributed by atoms with Crippen LogP contribution in [-0.2, 0) is 9.47 Å². The minimum Gasteiger partial charge on any atom is -0.381 e. The molecule has 24 heavy (non-hydrogen) atoms. The van der Waals surface area contributed by atoms with Crippen molar-refractivity contribution in [3.8, 4) is 0 Å². The summed E-state index contributed by atoms with van der Waals surface area (Å²) < 4.78 is 11.1. The van der Waals surface area contributed by atoms with Gasteiger partial charge in [-0.25, -0.2) is 0 Å². The van der Waals surface area contributed by atoms with Crippen LogP contribution >= 0.6 is 0 Å². The van der Waals surface area contributed by atoms with Crippen LogP contribution in [0.25, 0.3) is 0 Å². The second-order valence-corrected chi connectivity index (χ2v) is 7.01. The van der Waals surface area contributed by atoms with E-state index in [2.05, 4.69) is 48.2 Å². The molecule has 0 radical (unpaired) electrons. The summed E-state index contributed by atoms with van der Waals surface area (Å²) in [6, 6.07) is 1.12. The summed E-state index contributed by atoms with van der Waals surface area (Å²) in [5.41, 5.74) is 0. The van der Waals surface area contributed by atoms with Gasteiger partial charge < -0.3 is 20.1 Å². The minimum absolute atomic E-state index is 0.559. The molecule has 0 aromatic heterocycles. The first-order valence-corrected chi connectivity index (χ1v) is 9.40. The average molecular weight is 343 g/mol. The van der Waals surface area contributed by atoms with Gasteiger partial charge in [-0.15, -0.1) is 0 Å². The molecule has 0 aliphatic carbocycles. The maximum absolute atomic E-state index is 5.71. The van der Waals surface area contributed by atoms with Crippen LogP contribution in [0.5, 0.6) is 0 Å². The second kappa shape index (κ2) is 12.5. The quantitative estimate of drug-likeness (QED) is 0.340. The number of nitrogens with zero attached hydrogens (tertiary/aromatic N) is 2. The molecule has 1 aliphatic heterocycles. The maximum Gasteiger partial charge on any atom is 0.191 e. The third-order valence-electron chi connectivity index (χ3n) is 4.35. The predicted octanol–water partition coefficient (Wildman–Crippen LogP) is 1.71. The second-order valence-electron chi connectivity index (χ2n) is 7.01. The first kappa shape index (κ1) is 21.2. The summed E-state index contributed by atoms with van der Waals surface area (Å²) in [6.07, 6.45) is 2.12. The zero-order chi connectivity index (χ0) is 17.8. The lowest BCUT2D eigenvalue weighted by atomic mass is 10.1. The molecule has 142 valence electrons. The summed E-state index contributed by atoms with van der Waals surface area (Å²) in [4.78, 5) is 6.75. The Bertz CT molecular complexity index is 334. The zero-order valence-electron chi connectivity index (χ0n) is 16.3. The number of hydrogen-bond acceptors (Lipinski definition) is 4. The Morgan fingerprint density at radius 2 is 1.92 bits per heavy atom. The van der Waals surface area contributed by atoms with Crippen molar-refractivity contribution in [1.82, 2.24) is 15.5 Å². The highest BCUT2D eigenvalue weighted by molar-refractivity contribution is 5.79. The third kappa shape index (κ3) is 8.85. The highest BCUT2D eigenvalue weighted by atomic mass is 16.5. The molecule has 0 aromatic carbocycles. The predicted molar refractivity (Wildman–Crippen MR) is 101 cm³/mol. The summed E-state index contributed by atoms with van der Waals surface area (Å²) in [7, 11) is 1.81. The Labute approximate surface area is 148 Å². The van der Waals surface area contributed by atoms with Crippen LogP contribution in [0.1, 0.15) is 40.5 Å². The van der Waals surface area contributed by atoms with Crippen molar-refractivity contribution in [2.24, 2.45) is 10.9 Å². The molecule has 0 amide bonds. The summed E-state index contributed by atoms with van der Waals surface area (Å²) in [5.74, 6) is 1.46. The normalized spacial score (nSPS) is 18.8. The Hall–Kier alpha value is -0.850. The first-order valence-electron chi connectivity index (χ1n) is 9.40. The van der Waals surface area contributed by atoms with Crippen molar-refractivity contribution in [1.29, 1.82) is 0 Å². The van der Waals surface area contributed by atoms with Gasteiger partial charge >= 0.3 is 0 Å². The third-order valence-corrected chi connectivity index (χ3v) is 4.35. The van der Waals surface area contributed by atoms with E-state index in [4.69, 9.17) is 9.47 Å². The van der Waals surface area contributed by atoms with E-state index >= 15 is 0 Å². The Balaban J connectivity index is 2.05. The number of ether oxygens (including phenoxy) is 2. The van der Waals surface area contributed by atoms with Crippen molar-refractivity contribution in [2.45, 2.75) is 52.6 Å². The minimum atomic E-state index is 0.559. The molecule has 1 aliphatic rings. The van der Waals surface area contributed by atoms with Gasteiger partial charge in [0.2, 0.25) is 0 Å². The van der Waals surface area contributed by atoms with Gasteiger partial charge in [0.1, 0.15) is 0 Å². The average Bonchev–Trinajstić information content (AvgIpc) is 3.05. The molecule has 0 bridgehead atoms. The van der Waals surface area contributed by atoms with Crippen molar-refractivity contribution < 1.29 is 9.47 Å². The fourth-order valence-corrected chi connectivity index (χ4v) is 2.98. The fourth-order valence-electron chi connectivity index (χ4n) is 2.98. The molecule has 0 spiro atoms. The lowest BCUT2D eigenvalue weighted by Crippen LogP contribution is -2.45. The largest absolute Gasteiger partial charge is 0.381 e. The van der Waals surface area contributed by atoms with Crippen LogP contribution in [0, 0.1) is 5.92 Å². The summed E-state index contributed by atoms with van der Waals surface area (Å²) in [5, 5.41) is 6.73. The fraction of sp³-hybridized carbons (Fsp3) is 0.944. The van der Waals surface area contributed by atoms with Gasteiger partial charge in [-0.3, -0.25) is 9.89 Å². The van der Waals surface area contributed by atoms with Crippen LogP contribution in [0.3, 0.4) is 0 Å². The summed E-state index contributed by atoms with van der Waals surface area (Å²) in [6.45, 7) is 15.1. The Kier molecular flexibility index (Phi) is 11.0. The van der Waals surface area contributed by atoms with Crippen LogP contribution in [0.4, 0.5) is 0 Å². The van der Waals surface area contributed by atoms with Crippen LogP contribution in [-0.4, -0.2) is 76.1 Å². The standard InChI is InChI=1S/C18H38N4O2/c1-15(2)22(16(3)4)10-9-21-18(19-5)20-8-6-11-23-13-17-7-12-24-14-17/h15-17H,6-14H2,1-5H3,(H2,19,20,21). The number of aliphatic imine (C=N–C) groups is 1. The van der Waals surface area contributed by atoms with Crippen molar-refractivity contribution in [3.05, 3.63) is 0 Å². The molecule has 0 saturated carbocycles. The Morgan fingerprint density at radius 3 is 2.50 bits per heavy atom. The Morgan fingerprint density at radius 1 is 1.21 bits per heavy atom. The van der Waals surface area contributed by atoms with E-state index in [1.54, 1.807) is 0 Å². The molecular formula is C18H38N4O2. The van der Waals surface area contributed by atoms with Gasteiger partial charge in [0, 0.05) is 57.9 Å². The molecule has 6 nitrogen and oxygen atoms in total. The van der Waals surface area contributed by atoms with Crippen LogP contribution in [0.2, 0.25) is 0 Å². The van der Waals surface area contributed by atoms with Gasteiger partial charge in [0.05, 0.1) is 13.2 Å². The smallest absolute Gasteiger partial charge is 0.191 e. The lowest BCUT2D eigenvalue weighted by Gasteiger charge is -2.30. The summed E-state index contributed by atoms with van der Waals surface area (Å²) >= 11 is 0. The van der Waals surface area contributed by atoms with E-state index in [0.717, 1.165) is 64.9 Å². The van der Waals surface area contributed by atoms with Gasteiger partial charge in [-0.05, 0) is 40.5 Å². The lowest BCUT2D eigenvalue weighted by molar-refractivity contribution is 0.0888. The van der Waals surface area contributed by atoms with E-state index < -0.39 is 0 Å². The molecule has 6 heteroatoms. The zero-order valence-corrected chi connectivity index (χ0v) is 16.3. The monoisotopic (exact) mass is 342 g/mol. The number of guanidine groups is 1. The van der Waals surface area contributed by atoms with Crippen molar-refractivity contribution >= 4 is 5.96 Å². The maximum atomic E-state index is 5.71. The van der Waals surface area contributed by atoms with Crippen LogP contribution < -0.4 is 10.6 Å². The topological polar surface area (TPSA) is 58.1 Å². The molecule has 1 atom stereocenters. The van der Waals surface area contributed by atoms with E-state index in [0.29, 0.717) is 18.0 Å². The molecule has 1 saturated heterocycles. The van der Waals surface area contributed by atoms with Gasteiger partial charge in [0.25, 0.3) is 0 Å². The van der Waals surface area contributed by atoms with Gasteiger partial charge in [-0.2, -0.15) is 0 Å². The molecular weight excluding hydrogens is 304 g/mol. The van der Waals surface area contributed by atoms with Crippen molar-refractivity contribution in [3.63, 3.8) is 0 Å². The van der Waals surface area contributed by atoms with E-state index in [9.17, 15) is 0 Å².